The van der Waals surface area contributed by atoms with E-state index in [4.69, 9.17) is 21.4 Å². The molecule has 2 heterocycles. The molecular formula is C25H19ClN4O2. The number of amides is 1. The van der Waals surface area contributed by atoms with E-state index in [2.05, 4.69) is 10.3 Å². The number of rotatable bonds is 5. The van der Waals surface area contributed by atoms with Gasteiger partial charge < -0.3 is 10.1 Å². The van der Waals surface area contributed by atoms with Crippen molar-refractivity contribution in [2.75, 3.05) is 12.4 Å². The van der Waals surface area contributed by atoms with Gasteiger partial charge >= 0.3 is 0 Å². The van der Waals surface area contributed by atoms with Crippen LogP contribution in [0, 0.1) is 0 Å². The van der Waals surface area contributed by atoms with Gasteiger partial charge in [0.2, 0.25) is 5.91 Å². The van der Waals surface area contributed by atoms with E-state index < -0.39 is 0 Å². The Kier molecular flexibility index (Phi) is 5.21. The topological polar surface area (TPSA) is 69.0 Å². The highest BCUT2D eigenvalue weighted by molar-refractivity contribution is 6.33. The monoisotopic (exact) mass is 442 g/mol. The number of ether oxygens (including phenoxy) is 1. The van der Waals surface area contributed by atoms with E-state index in [0.717, 1.165) is 33.1 Å². The SMILES string of the molecule is COc1ccc2ncc3c(-c4ccccc4)nn(CC(=O)Nc4ccccc4Cl)c3c2c1. The molecule has 1 N–H and O–H groups in total. The summed E-state index contributed by atoms with van der Waals surface area (Å²) in [5.41, 5.74) is 3.90. The van der Waals surface area contributed by atoms with Gasteiger partial charge in [-0.15, -0.1) is 0 Å². The van der Waals surface area contributed by atoms with Crippen molar-refractivity contribution < 1.29 is 9.53 Å². The number of hydrogen-bond donors (Lipinski definition) is 1. The number of para-hydroxylation sites is 1. The maximum absolute atomic E-state index is 12.9. The molecule has 2 aromatic heterocycles. The Balaban J connectivity index is 1.65. The molecule has 0 aliphatic heterocycles. The molecule has 0 unspecified atom stereocenters. The van der Waals surface area contributed by atoms with Crippen LogP contribution in [0.1, 0.15) is 0 Å². The van der Waals surface area contributed by atoms with Gasteiger partial charge in [0.15, 0.2) is 0 Å². The molecule has 1 amide bonds. The lowest BCUT2D eigenvalue weighted by molar-refractivity contribution is -0.116. The van der Waals surface area contributed by atoms with Gasteiger partial charge in [0.25, 0.3) is 0 Å². The number of pyridine rings is 1. The van der Waals surface area contributed by atoms with Crippen LogP contribution in [0.15, 0.2) is 79.0 Å². The molecule has 0 saturated carbocycles. The predicted octanol–water partition coefficient (Wildman–Crippen LogP) is 5.55. The van der Waals surface area contributed by atoms with E-state index >= 15 is 0 Å². The number of aromatic nitrogens is 3. The molecule has 0 aliphatic carbocycles. The average molecular weight is 443 g/mol. The van der Waals surface area contributed by atoms with Gasteiger partial charge in [-0.25, -0.2) is 0 Å². The first-order valence-corrected chi connectivity index (χ1v) is 10.4. The van der Waals surface area contributed by atoms with Gasteiger partial charge in [-0.05, 0) is 30.3 Å². The smallest absolute Gasteiger partial charge is 0.246 e. The summed E-state index contributed by atoms with van der Waals surface area (Å²) in [6.07, 6.45) is 1.81. The number of hydrogen-bond acceptors (Lipinski definition) is 4. The molecule has 0 bridgehead atoms. The molecule has 5 aromatic rings. The van der Waals surface area contributed by atoms with Crippen LogP contribution in [-0.4, -0.2) is 27.8 Å². The van der Waals surface area contributed by atoms with E-state index in [1.165, 1.54) is 0 Å². The molecule has 0 radical (unpaired) electrons. The largest absolute Gasteiger partial charge is 0.497 e. The predicted molar refractivity (Wildman–Crippen MR) is 127 cm³/mol. The number of halogens is 1. The van der Waals surface area contributed by atoms with E-state index in [1.54, 1.807) is 23.9 Å². The van der Waals surface area contributed by atoms with Crippen LogP contribution >= 0.6 is 11.6 Å². The first kappa shape index (κ1) is 20.0. The summed E-state index contributed by atoms with van der Waals surface area (Å²) in [4.78, 5) is 17.5. The second-order valence-electron chi connectivity index (χ2n) is 7.30. The molecule has 7 heteroatoms. The van der Waals surface area contributed by atoms with E-state index in [0.29, 0.717) is 16.5 Å². The summed E-state index contributed by atoms with van der Waals surface area (Å²) in [7, 11) is 1.62. The zero-order chi connectivity index (χ0) is 22.1. The summed E-state index contributed by atoms with van der Waals surface area (Å²) in [5.74, 6) is 0.483. The molecule has 0 saturated heterocycles. The van der Waals surface area contributed by atoms with Crippen molar-refractivity contribution in [2.45, 2.75) is 6.54 Å². The molecular weight excluding hydrogens is 424 g/mol. The van der Waals surface area contributed by atoms with E-state index in [1.807, 2.05) is 66.9 Å². The van der Waals surface area contributed by atoms with E-state index in [-0.39, 0.29) is 12.5 Å². The number of nitrogens with zero attached hydrogens (tertiary/aromatic N) is 3. The van der Waals surface area contributed by atoms with E-state index in [9.17, 15) is 4.79 Å². The maximum Gasteiger partial charge on any atom is 0.246 e. The Morgan fingerprint density at radius 2 is 1.81 bits per heavy atom. The fourth-order valence-electron chi connectivity index (χ4n) is 3.77. The maximum atomic E-state index is 12.9. The normalized spacial score (nSPS) is 11.1. The highest BCUT2D eigenvalue weighted by atomic mass is 35.5. The number of nitrogens with one attached hydrogen (secondary N) is 1. The fraction of sp³-hybridized carbons (Fsp3) is 0.0800. The van der Waals surface area contributed by atoms with Crippen LogP contribution in [0.2, 0.25) is 5.02 Å². The zero-order valence-electron chi connectivity index (χ0n) is 17.2. The van der Waals surface area contributed by atoms with Gasteiger partial charge in [-0.3, -0.25) is 14.5 Å². The lowest BCUT2D eigenvalue weighted by Crippen LogP contribution is -2.19. The Bertz CT molecular complexity index is 1450. The van der Waals surface area contributed by atoms with Crippen molar-refractivity contribution in [2.24, 2.45) is 0 Å². The first-order chi connectivity index (χ1) is 15.6. The van der Waals surface area contributed by atoms with Crippen LogP contribution < -0.4 is 10.1 Å². The second-order valence-corrected chi connectivity index (χ2v) is 7.71. The summed E-state index contributed by atoms with van der Waals surface area (Å²) in [6, 6.07) is 22.7. The summed E-state index contributed by atoms with van der Waals surface area (Å²) < 4.78 is 7.14. The Labute approximate surface area is 189 Å². The molecule has 32 heavy (non-hydrogen) atoms. The van der Waals surface area contributed by atoms with Crippen molar-refractivity contribution in [3.8, 4) is 17.0 Å². The van der Waals surface area contributed by atoms with Crippen molar-refractivity contribution >= 4 is 45.0 Å². The number of carbonyl (C=O) groups is 1. The molecule has 6 nitrogen and oxygen atoms in total. The number of anilines is 1. The van der Waals surface area contributed by atoms with Crippen molar-refractivity contribution in [1.82, 2.24) is 14.8 Å². The van der Waals surface area contributed by atoms with Crippen LogP contribution in [0.3, 0.4) is 0 Å². The molecule has 158 valence electrons. The van der Waals surface area contributed by atoms with Gasteiger partial charge in [-0.2, -0.15) is 5.10 Å². The van der Waals surface area contributed by atoms with Gasteiger partial charge in [0.1, 0.15) is 18.0 Å². The van der Waals surface area contributed by atoms with Gasteiger partial charge in [0.05, 0.1) is 28.9 Å². The van der Waals surface area contributed by atoms with Crippen LogP contribution in [0.5, 0.6) is 5.75 Å². The minimum absolute atomic E-state index is 0.0187. The van der Waals surface area contributed by atoms with Crippen LogP contribution in [0.25, 0.3) is 33.1 Å². The van der Waals surface area contributed by atoms with Crippen molar-refractivity contribution in [1.29, 1.82) is 0 Å². The quantitative estimate of drug-likeness (QED) is 0.387. The Hall–Kier alpha value is -3.90. The van der Waals surface area contributed by atoms with Crippen LogP contribution in [0.4, 0.5) is 5.69 Å². The zero-order valence-corrected chi connectivity index (χ0v) is 18.0. The minimum atomic E-state index is -0.227. The summed E-state index contributed by atoms with van der Waals surface area (Å²) >= 11 is 6.20. The Morgan fingerprint density at radius 1 is 1.03 bits per heavy atom. The fourth-order valence-corrected chi connectivity index (χ4v) is 3.96. The van der Waals surface area contributed by atoms with Crippen LogP contribution in [-0.2, 0) is 11.3 Å². The standard InChI is InChI=1S/C25H19ClN4O2/c1-32-17-11-12-21-18(13-17)25-19(14-27-21)24(16-7-3-2-4-8-16)29-30(25)15-23(31)28-22-10-6-5-9-20(22)26/h2-14H,15H2,1H3,(H,28,31). The second kappa shape index (κ2) is 8.32. The summed E-state index contributed by atoms with van der Waals surface area (Å²) in [6.45, 7) is 0.0187. The number of benzene rings is 3. The average Bonchev–Trinajstić information content (AvgIpc) is 3.19. The van der Waals surface area contributed by atoms with Gasteiger partial charge in [0, 0.05) is 22.5 Å². The first-order valence-electron chi connectivity index (χ1n) is 10.1. The number of methoxy groups -OCH3 is 1. The molecule has 0 fully saturated rings. The summed E-state index contributed by atoms with van der Waals surface area (Å²) in [5, 5.41) is 9.89. The third-order valence-electron chi connectivity index (χ3n) is 5.27. The molecule has 0 aliphatic rings. The molecule has 0 atom stereocenters. The number of fused-ring (bicyclic) bond motifs is 3. The third-order valence-corrected chi connectivity index (χ3v) is 5.60. The highest BCUT2D eigenvalue weighted by Gasteiger charge is 2.18. The van der Waals surface area contributed by atoms with Crippen molar-refractivity contribution in [3.63, 3.8) is 0 Å². The molecule has 5 rings (SSSR count). The lowest BCUT2D eigenvalue weighted by atomic mass is 10.1. The van der Waals surface area contributed by atoms with Crippen molar-refractivity contribution in [3.05, 3.63) is 84.0 Å². The molecule has 3 aromatic carbocycles. The molecule has 0 spiro atoms. The lowest BCUT2D eigenvalue weighted by Gasteiger charge is -2.09. The highest BCUT2D eigenvalue weighted by Crippen LogP contribution is 2.33. The third kappa shape index (κ3) is 3.65. The Morgan fingerprint density at radius 3 is 2.59 bits per heavy atom. The number of carbonyl (C=O) groups excluding carboxylic acids is 1. The minimum Gasteiger partial charge on any atom is -0.497 e. The van der Waals surface area contributed by atoms with Gasteiger partial charge in [-0.1, -0.05) is 54.1 Å².